The van der Waals surface area contributed by atoms with Crippen molar-refractivity contribution in [3.8, 4) is 0 Å². The van der Waals surface area contributed by atoms with E-state index in [1.165, 1.54) is 64.2 Å². The molecule has 0 aliphatic carbocycles. The molecule has 0 bridgehead atoms. The van der Waals surface area contributed by atoms with Crippen LogP contribution >= 0.6 is 0 Å². The summed E-state index contributed by atoms with van der Waals surface area (Å²) in [5.74, 6) is 0. The SMILES string of the molecule is CC1(C)CCCC(C)(C)N1NCCCCCCNN1C(C)(C)CCCC1(C)C. The summed E-state index contributed by atoms with van der Waals surface area (Å²) in [5, 5.41) is 5.09. The Hall–Kier alpha value is -0.160. The summed E-state index contributed by atoms with van der Waals surface area (Å²) < 4.78 is 0. The highest BCUT2D eigenvalue weighted by atomic mass is 15.6. The lowest BCUT2D eigenvalue weighted by Crippen LogP contribution is -2.64. The van der Waals surface area contributed by atoms with Crippen LogP contribution in [0, 0.1) is 0 Å². The molecule has 2 fully saturated rings. The number of hydrazine groups is 2. The number of unbranched alkanes of at least 4 members (excludes halogenated alkanes) is 3. The minimum Gasteiger partial charge on any atom is -0.254 e. The second-order valence-corrected chi connectivity index (χ2v) is 11.9. The molecule has 4 nitrogen and oxygen atoms in total. The highest BCUT2D eigenvalue weighted by molar-refractivity contribution is 4.95. The first kappa shape index (κ1) is 24.1. The summed E-state index contributed by atoms with van der Waals surface area (Å²) in [4.78, 5) is 0. The quantitative estimate of drug-likeness (QED) is 0.495. The van der Waals surface area contributed by atoms with Crippen molar-refractivity contribution < 1.29 is 0 Å². The molecule has 0 aromatic heterocycles. The molecule has 28 heavy (non-hydrogen) atoms. The predicted octanol–water partition coefficient (Wildman–Crippen LogP) is 5.64. The highest BCUT2D eigenvalue weighted by Gasteiger charge is 2.42. The van der Waals surface area contributed by atoms with Gasteiger partial charge >= 0.3 is 0 Å². The summed E-state index contributed by atoms with van der Waals surface area (Å²) >= 11 is 0. The van der Waals surface area contributed by atoms with E-state index in [0.29, 0.717) is 0 Å². The third-order valence-corrected chi connectivity index (χ3v) is 7.22. The van der Waals surface area contributed by atoms with Crippen LogP contribution in [0.25, 0.3) is 0 Å². The molecule has 2 aliphatic heterocycles. The maximum Gasteiger partial charge on any atom is 0.0304 e. The topological polar surface area (TPSA) is 30.5 Å². The van der Waals surface area contributed by atoms with Crippen molar-refractivity contribution in [2.75, 3.05) is 13.1 Å². The summed E-state index contributed by atoms with van der Waals surface area (Å²) in [6.07, 6.45) is 13.0. The highest BCUT2D eigenvalue weighted by Crippen LogP contribution is 2.37. The lowest BCUT2D eigenvalue weighted by atomic mass is 9.81. The maximum atomic E-state index is 3.78. The predicted molar refractivity (Wildman–Crippen MR) is 122 cm³/mol. The Morgan fingerprint density at radius 1 is 0.500 bits per heavy atom. The monoisotopic (exact) mass is 394 g/mol. The van der Waals surface area contributed by atoms with E-state index in [2.05, 4.69) is 76.3 Å². The van der Waals surface area contributed by atoms with Crippen molar-refractivity contribution in [3.63, 3.8) is 0 Å². The van der Waals surface area contributed by atoms with Gasteiger partial charge in [0.25, 0.3) is 0 Å². The van der Waals surface area contributed by atoms with E-state index in [9.17, 15) is 0 Å². The van der Waals surface area contributed by atoms with E-state index in [1.54, 1.807) is 0 Å². The molecule has 0 saturated carbocycles. The normalized spacial score (nSPS) is 27.0. The molecule has 2 heterocycles. The average Bonchev–Trinajstić information content (AvgIpc) is 2.52. The number of rotatable bonds is 9. The lowest BCUT2D eigenvalue weighted by Gasteiger charge is -2.53. The van der Waals surface area contributed by atoms with Crippen molar-refractivity contribution in [1.82, 2.24) is 20.9 Å². The van der Waals surface area contributed by atoms with Crippen LogP contribution < -0.4 is 10.9 Å². The molecule has 166 valence electrons. The van der Waals surface area contributed by atoms with Gasteiger partial charge in [0.2, 0.25) is 0 Å². The van der Waals surface area contributed by atoms with Crippen LogP contribution in [0.1, 0.15) is 120 Å². The van der Waals surface area contributed by atoms with Crippen LogP contribution in [0.4, 0.5) is 0 Å². The number of piperidine rings is 2. The van der Waals surface area contributed by atoms with Gasteiger partial charge in [-0.25, -0.2) is 10.0 Å². The fraction of sp³-hybridized carbons (Fsp3) is 1.00. The first-order valence-electron chi connectivity index (χ1n) is 12.0. The second-order valence-electron chi connectivity index (χ2n) is 11.9. The van der Waals surface area contributed by atoms with Crippen molar-refractivity contribution in [1.29, 1.82) is 0 Å². The standard InChI is InChI=1S/C24H50N4/c1-21(2)15-13-16-22(3,4)27(21)25-19-11-9-10-12-20-26-28-23(5,6)17-14-18-24(28,7)8/h25-26H,9-20H2,1-8H3. The zero-order chi connectivity index (χ0) is 21.1. The first-order chi connectivity index (χ1) is 12.9. The van der Waals surface area contributed by atoms with Gasteiger partial charge in [0, 0.05) is 35.2 Å². The zero-order valence-electron chi connectivity index (χ0n) is 20.4. The lowest BCUT2D eigenvalue weighted by molar-refractivity contribution is -0.0710. The van der Waals surface area contributed by atoms with Gasteiger partial charge in [0.05, 0.1) is 0 Å². The summed E-state index contributed by atoms with van der Waals surface area (Å²) in [7, 11) is 0. The molecular weight excluding hydrogens is 344 g/mol. The molecule has 2 N–H and O–H groups in total. The maximum absolute atomic E-state index is 3.78. The Morgan fingerprint density at radius 2 is 0.786 bits per heavy atom. The summed E-state index contributed by atoms with van der Waals surface area (Å²) in [6, 6.07) is 0. The number of nitrogens with zero attached hydrogens (tertiary/aromatic N) is 2. The van der Waals surface area contributed by atoms with Crippen LogP contribution in [0.3, 0.4) is 0 Å². The van der Waals surface area contributed by atoms with Crippen LogP contribution in [0.5, 0.6) is 0 Å². The van der Waals surface area contributed by atoms with Crippen molar-refractivity contribution in [2.24, 2.45) is 0 Å². The molecule has 0 spiro atoms. The zero-order valence-corrected chi connectivity index (χ0v) is 20.4. The number of nitrogens with one attached hydrogen (secondary N) is 2. The smallest absolute Gasteiger partial charge is 0.0304 e. The Bertz CT molecular complexity index is 405. The molecule has 0 amide bonds. The van der Waals surface area contributed by atoms with Gasteiger partial charge in [0.15, 0.2) is 0 Å². The van der Waals surface area contributed by atoms with Gasteiger partial charge < -0.3 is 0 Å². The molecule has 2 saturated heterocycles. The molecular formula is C24H50N4. The number of hydrogen-bond donors (Lipinski definition) is 2. The van der Waals surface area contributed by atoms with Crippen molar-refractivity contribution >= 4 is 0 Å². The van der Waals surface area contributed by atoms with Gasteiger partial charge in [-0.1, -0.05) is 12.8 Å². The number of hydrogen-bond acceptors (Lipinski definition) is 4. The van der Waals surface area contributed by atoms with Gasteiger partial charge in [-0.05, 0) is 107 Å². The van der Waals surface area contributed by atoms with Crippen LogP contribution in [-0.2, 0) is 0 Å². The third kappa shape index (κ3) is 6.17. The molecule has 0 radical (unpaired) electrons. The van der Waals surface area contributed by atoms with E-state index in [-0.39, 0.29) is 22.2 Å². The molecule has 0 unspecified atom stereocenters. The van der Waals surface area contributed by atoms with Gasteiger partial charge in [-0.3, -0.25) is 10.9 Å². The van der Waals surface area contributed by atoms with E-state index in [0.717, 1.165) is 13.1 Å². The van der Waals surface area contributed by atoms with Crippen LogP contribution in [0.15, 0.2) is 0 Å². The first-order valence-corrected chi connectivity index (χ1v) is 12.0. The fourth-order valence-corrected chi connectivity index (χ4v) is 5.83. The van der Waals surface area contributed by atoms with E-state index in [1.807, 2.05) is 0 Å². The van der Waals surface area contributed by atoms with E-state index in [4.69, 9.17) is 0 Å². The van der Waals surface area contributed by atoms with Gasteiger partial charge in [-0.2, -0.15) is 0 Å². The van der Waals surface area contributed by atoms with Crippen LogP contribution in [0.2, 0.25) is 0 Å². The minimum absolute atomic E-state index is 0.264. The fourth-order valence-electron chi connectivity index (χ4n) is 5.83. The van der Waals surface area contributed by atoms with Crippen molar-refractivity contribution in [2.45, 2.75) is 142 Å². The molecule has 2 rings (SSSR count). The van der Waals surface area contributed by atoms with E-state index >= 15 is 0 Å². The molecule has 2 aliphatic rings. The summed E-state index contributed by atoms with van der Waals surface area (Å²) in [6.45, 7) is 21.3. The second kappa shape index (κ2) is 9.32. The molecule has 0 aromatic carbocycles. The van der Waals surface area contributed by atoms with E-state index < -0.39 is 0 Å². The third-order valence-electron chi connectivity index (χ3n) is 7.22. The van der Waals surface area contributed by atoms with Gasteiger partial charge in [-0.15, -0.1) is 0 Å². The largest absolute Gasteiger partial charge is 0.254 e. The Balaban J connectivity index is 1.62. The van der Waals surface area contributed by atoms with Gasteiger partial charge in [0.1, 0.15) is 0 Å². The minimum atomic E-state index is 0.264. The molecule has 0 aromatic rings. The Kier molecular flexibility index (Phi) is 8.03. The van der Waals surface area contributed by atoms with Crippen molar-refractivity contribution in [3.05, 3.63) is 0 Å². The summed E-state index contributed by atoms with van der Waals surface area (Å²) in [5.41, 5.74) is 8.61. The Labute approximate surface area is 176 Å². The molecule has 4 heteroatoms. The Morgan fingerprint density at radius 3 is 1.07 bits per heavy atom. The molecule has 0 atom stereocenters. The average molecular weight is 395 g/mol. The van der Waals surface area contributed by atoms with Crippen LogP contribution in [-0.4, -0.2) is 45.3 Å².